The third-order valence-electron chi connectivity index (χ3n) is 5.20. The maximum Gasteiger partial charge on any atom is 0.416 e. The van der Waals surface area contributed by atoms with Crippen molar-refractivity contribution in [2.75, 3.05) is 18.5 Å². The predicted octanol–water partition coefficient (Wildman–Crippen LogP) is 4.84. The highest BCUT2D eigenvalue weighted by Crippen LogP contribution is 2.35. The van der Waals surface area contributed by atoms with Crippen LogP contribution in [0.3, 0.4) is 0 Å². The number of fused-ring (bicyclic) bond motifs is 2. The molecule has 0 spiro atoms. The molecule has 1 amide bonds. The molecule has 0 radical (unpaired) electrons. The van der Waals surface area contributed by atoms with Crippen molar-refractivity contribution in [2.24, 2.45) is 7.05 Å². The minimum atomic E-state index is -4.41. The van der Waals surface area contributed by atoms with Crippen molar-refractivity contribution in [1.82, 2.24) is 19.9 Å². The summed E-state index contributed by atoms with van der Waals surface area (Å²) < 4.78 is 41.1. The lowest BCUT2D eigenvalue weighted by Crippen LogP contribution is -2.24. The van der Waals surface area contributed by atoms with Crippen LogP contribution in [-0.4, -0.2) is 38.7 Å². The molecule has 0 aliphatic rings. The molecule has 174 valence electrons. The van der Waals surface area contributed by atoms with E-state index in [0.29, 0.717) is 45.3 Å². The molecule has 0 bridgehead atoms. The van der Waals surface area contributed by atoms with Crippen LogP contribution in [0.25, 0.3) is 21.3 Å². The Labute approximate surface area is 191 Å². The Hall–Kier alpha value is -3.18. The summed E-state index contributed by atoms with van der Waals surface area (Å²) in [4.78, 5) is 21.3. The van der Waals surface area contributed by atoms with E-state index in [-0.39, 0.29) is 12.5 Å². The second-order valence-corrected chi connectivity index (χ2v) is 8.59. The van der Waals surface area contributed by atoms with Gasteiger partial charge in [-0.2, -0.15) is 13.2 Å². The molecule has 0 atom stereocenters. The van der Waals surface area contributed by atoms with E-state index in [2.05, 4.69) is 20.6 Å². The molecular weight excluding hydrogens is 455 g/mol. The fraction of sp³-hybridized carbons (Fsp3) is 0.318. The Kier molecular flexibility index (Phi) is 6.52. The molecule has 11 heteroatoms. The van der Waals surface area contributed by atoms with Crippen LogP contribution in [-0.2, 0) is 13.2 Å². The number of carbonyl (C=O) groups is 1. The van der Waals surface area contributed by atoms with Crippen molar-refractivity contribution >= 4 is 49.6 Å². The minimum Gasteiger partial charge on any atom is -0.396 e. The fourth-order valence-electron chi connectivity index (χ4n) is 3.42. The van der Waals surface area contributed by atoms with E-state index in [4.69, 9.17) is 5.11 Å². The van der Waals surface area contributed by atoms with Gasteiger partial charge in [-0.15, -0.1) is 0 Å². The molecule has 0 aliphatic carbocycles. The Balaban J connectivity index is 1.51. The first-order valence-electron chi connectivity index (χ1n) is 10.4. The largest absolute Gasteiger partial charge is 0.416 e. The summed E-state index contributed by atoms with van der Waals surface area (Å²) in [5, 5.41) is 15.1. The number of alkyl halides is 3. The number of benzene rings is 2. The van der Waals surface area contributed by atoms with E-state index in [9.17, 15) is 18.0 Å². The number of anilines is 2. The molecule has 0 saturated heterocycles. The first kappa shape index (κ1) is 23.0. The highest BCUT2D eigenvalue weighted by Gasteiger charge is 2.30. The van der Waals surface area contributed by atoms with Crippen LogP contribution in [0.4, 0.5) is 24.3 Å². The molecule has 0 saturated carbocycles. The number of aliphatic hydroxyl groups excluding tert-OH is 1. The number of nitrogens with one attached hydrogen (secondary N) is 2. The number of halogens is 3. The number of aryl methyl sites for hydroxylation is 1. The molecule has 0 unspecified atom stereocenters. The molecule has 33 heavy (non-hydrogen) atoms. The zero-order valence-electron chi connectivity index (χ0n) is 17.7. The van der Waals surface area contributed by atoms with Gasteiger partial charge in [-0.05, 0) is 55.7 Å². The van der Waals surface area contributed by atoms with Gasteiger partial charge in [0.05, 0.1) is 26.8 Å². The summed E-state index contributed by atoms with van der Waals surface area (Å²) in [6, 6.07) is 8.65. The maximum absolute atomic E-state index is 13.0. The fourth-order valence-corrected chi connectivity index (χ4v) is 4.32. The number of rotatable bonds is 8. The van der Waals surface area contributed by atoms with Crippen molar-refractivity contribution in [2.45, 2.75) is 25.4 Å². The van der Waals surface area contributed by atoms with E-state index < -0.39 is 11.7 Å². The number of thiazole rings is 1. The van der Waals surface area contributed by atoms with E-state index in [1.54, 1.807) is 29.8 Å². The zero-order valence-corrected chi connectivity index (χ0v) is 18.6. The van der Waals surface area contributed by atoms with Crippen molar-refractivity contribution in [3.63, 3.8) is 0 Å². The van der Waals surface area contributed by atoms with Crippen LogP contribution in [0.1, 0.15) is 35.2 Å². The standard InChI is InChI=1S/C22H22F3N5O2S/c1-30-17-8-5-13(19(32)26-9-3-2-4-10-31)11-16(17)27-20(30)29-21-28-15-7-6-14(22(23,24)25)12-18(15)33-21/h5-8,11-12,31H,2-4,9-10H2,1H3,(H,26,32)(H,27,28,29). The average Bonchev–Trinajstić information content (AvgIpc) is 3.32. The van der Waals surface area contributed by atoms with Gasteiger partial charge in [-0.25, -0.2) is 9.97 Å². The molecule has 0 fully saturated rings. The summed E-state index contributed by atoms with van der Waals surface area (Å²) in [6.45, 7) is 0.672. The topological polar surface area (TPSA) is 92.1 Å². The van der Waals surface area contributed by atoms with Gasteiger partial charge in [0.2, 0.25) is 5.95 Å². The summed E-state index contributed by atoms with van der Waals surface area (Å²) in [7, 11) is 1.80. The Morgan fingerprint density at radius 1 is 1.09 bits per heavy atom. The Morgan fingerprint density at radius 3 is 2.67 bits per heavy atom. The summed E-state index contributed by atoms with van der Waals surface area (Å²) >= 11 is 1.11. The number of imidazole rings is 1. The SMILES string of the molecule is Cn1c(Nc2nc3ccc(C(F)(F)F)cc3s2)nc2cc(C(=O)NCCCCCO)ccc21. The van der Waals surface area contributed by atoms with Crippen molar-refractivity contribution in [3.8, 4) is 0 Å². The van der Waals surface area contributed by atoms with Gasteiger partial charge in [0.1, 0.15) is 0 Å². The van der Waals surface area contributed by atoms with Crippen LogP contribution >= 0.6 is 11.3 Å². The molecule has 3 N–H and O–H groups in total. The number of amides is 1. The lowest BCUT2D eigenvalue weighted by Gasteiger charge is -2.05. The van der Waals surface area contributed by atoms with Crippen molar-refractivity contribution in [3.05, 3.63) is 47.5 Å². The monoisotopic (exact) mass is 477 g/mol. The summed E-state index contributed by atoms with van der Waals surface area (Å²) in [5.41, 5.74) is 1.62. The van der Waals surface area contributed by atoms with Crippen LogP contribution in [0.5, 0.6) is 0 Å². The smallest absolute Gasteiger partial charge is 0.396 e. The summed E-state index contributed by atoms with van der Waals surface area (Å²) in [6.07, 6.45) is -2.07. The number of aromatic nitrogens is 3. The predicted molar refractivity (Wildman–Crippen MR) is 122 cm³/mol. The molecule has 2 heterocycles. The van der Waals surface area contributed by atoms with Gasteiger partial charge in [0, 0.05) is 25.8 Å². The van der Waals surface area contributed by atoms with Gasteiger partial charge in [-0.3, -0.25) is 4.79 Å². The molecular formula is C22H22F3N5O2S. The molecule has 7 nitrogen and oxygen atoms in total. The first-order chi connectivity index (χ1) is 15.8. The average molecular weight is 478 g/mol. The van der Waals surface area contributed by atoms with Gasteiger partial charge in [0.25, 0.3) is 5.91 Å². The van der Waals surface area contributed by atoms with E-state index in [1.807, 2.05) is 0 Å². The minimum absolute atomic E-state index is 0.145. The first-order valence-corrected chi connectivity index (χ1v) is 11.2. The van der Waals surface area contributed by atoms with Crippen molar-refractivity contribution < 1.29 is 23.1 Å². The van der Waals surface area contributed by atoms with Crippen molar-refractivity contribution in [1.29, 1.82) is 0 Å². The number of aliphatic hydroxyl groups is 1. The van der Waals surface area contributed by atoms with Gasteiger partial charge < -0.3 is 20.3 Å². The van der Waals surface area contributed by atoms with Gasteiger partial charge >= 0.3 is 6.18 Å². The molecule has 2 aromatic heterocycles. The van der Waals surface area contributed by atoms with E-state index in [0.717, 1.165) is 41.8 Å². The van der Waals surface area contributed by atoms with Crippen LogP contribution in [0.15, 0.2) is 36.4 Å². The van der Waals surface area contributed by atoms with E-state index >= 15 is 0 Å². The van der Waals surface area contributed by atoms with Gasteiger partial charge in [-0.1, -0.05) is 11.3 Å². The third-order valence-corrected chi connectivity index (χ3v) is 6.13. The molecule has 2 aromatic carbocycles. The normalized spacial score (nSPS) is 11.9. The number of nitrogens with zero attached hydrogens (tertiary/aromatic N) is 3. The third kappa shape index (κ3) is 5.09. The number of hydrogen-bond donors (Lipinski definition) is 3. The maximum atomic E-state index is 13.0. The molecule has 4 aromatic rings. The second-order valence-electron chi connectivity index (χ2n) is 7.56. The Morgan fingerprint density at radius 2 is 1.91 bits per heavy atom. The van der Waals surface area contributed by atoms with Crippen LogP contribution < -0.4 is 10.6 Å². The number of carbonyl (C=O) groups excluding carboxylic acids is 1. The number of hydrogen-bond acceptors (Lipinski definition) is 6. The quantitative estimate of drug-likeness (QED) is 0.316. The van der Waals surface area contributed by atoms with Gasteiger partial charge in [0.15, 0.2) is 5.13 Å². The molecule has 4 rings (SSSR count). The Bertz CT molecular complexity index is 1300. The zero-order chi connectivity index (χ0) is 23.6. The van der Waals surface area contributed by atoms with Crippen LogP contribution in [0.2, 0.25) is 0 Å². The lowest BCUT2D eigenvalue weighted by atomic mass is 10.2. The lowest BCUT2D eigenvalue weighted by molar-refractivity contribution is -0.137. The highest BCUT2D eigenvalue weighted by molar-refractivity contribution is 7.22. The number of unbranched alkanes of at least 4 members (excludes halogenated alkanes) is 2. The van der Waals surface area contributed by atoms with Crippen LogP contribution in [0, 0.1) is 0 Å². The second kappa shape index (κ2) is 9.36. The summed E-state index contributed by atoms with van der Waals surface area (Å²) in [5.74, 6) is 0.259. The highest BCUT2D eigenvalue weighted by atomic mass is 32.1. The van der Waals surface area contributed by atoms with E-state index in [1.165, 1.54) is 6.07 Å². The molecule has 0 aliphatic heterocycles.